The summed E-state index contributed by atoms with van der Waals surface area (Å²) in [5.74, 6) is 1.07. The van der Waals surface area contributed by atoms with Crippen LogP contribution in [0.4, 0.5) is 0 Å². The van der Waals surface area contributed by atoms with Gasteiger partial charge >= 0.3 is 0 Å². The second-order valence-corrected chi connectivity index (χ2v) is 7.22. The molecule has 0 atom stereocenters. The summed E-state index contributed by atoms with van der Waals surface area (Å²) in [6.45, 7) is 0.508. The Morgan fingerprint density at radius 2 is 1.54 bits per heavy atom. The molecule has 0 radical (unpaired) electrons. The van der Waals surface area contributed by atoms with Gasteiger partial charge in [0.2, 0.25) is 0 Å². The minimum Gasteiger partial charge on any atom is -0.488 e. The van der Waals surface area contributed by atoms with Crippen molar-refractivity contribution < 1.29 is 9.53 Å². The Labute approximate surface area is 164 Å². The molecule has 0 unspecified atom stereocenters. The van der Waals surface area contributed by atoms with Crippen LogP contribution in [0.3, 0.4) is 0 Å². The molecule has 0 N–H and O–H groups in total. The number of ketones is 1. The van der Waals surface area contributed by atoms with Gasteiger partial charge in [0.05, 0.1) is 0 Å². The zero-order valence-electron chi connectivity index (χ0n) is 15.5. The van der Waals surface area contributed by atoms with Crippen LogP contribution >= 0.6 is 0 Å². The summed E-state index contributed by atoms with van der Waals surface area (Å²) in [6, 6.07) is 28.9. The van der Waals surface area contributed by atoms with Crippen molar-refractivity contribution in [3.63, 3.8) is 0 Å². The number of hydrogen-bond acceptors (Lipinski definition) is 2. The Morgan fingerprint density at radius 3 is 2.39 bits per heavy atom. The van der Waals surface area contributed by atoms with Gasteiger partial charge in [-0.15, -0.1) is 0 Å². The van der Waals surface area contributed by atoms with Crippen molar-refractivity contribution in [1.29, 1.82) is 0 Å². The van der Waals surface area contributed by atoms with Crippen LogP contribution in [0.2, 0.25) is 0 Å². The molecular weight excluding hydrogens is 344 g/mol. The van der Waals surface area contributed by atoms with Crippen molar-refractivity contribution >= 4 is 16.6 Å². The van der Waals surface area contributed by atoms with Crippen LogP contribution in [0.25, 0.3) is 21.9 Å². The molecule has 0 bridgehead atoms. The van der Waals surface area contributed by atoms with Crippen LogP contribution in [-0.2, 0) is 13.0 Å². The predicted molar refractivity (Wildman–Crippen MR) is 113 cm³/mol. The van der Waals surface area contributed by atoms with Gasteiger partial charge in [-0.3, -0.25) is 4.79 Å². The van der Waals surface area contributed by atoms with Gasteiger partial charge in [0.1, 0.15) is 12.4 Å². The monoisotopic (exact) mass is 364 g/mol. The fraction of sp³-hybridized carbons (Fsp3) is 0.115. The van der Waals surface area contributed by atoms with E-state index in [2.05, 4.69) is 54.6 Å². The largest absolute Gasteiger partial charge is 0.488 e. The molecule has 28 heavy (non-hydrogen) atoms. The summed E-state index contributed by atoms with van der Waals surface area (Å²) < 4.78 is 6.24. The highest BCUT2D eigenvalue weighted by Gasteiger charge is 2.25. The summed E-state index contributed by atoms with van der Waals surface area (Å²) >= 11 is 0. The lowest BCUT2D eigenvalue weighted by Gasteiger charge is -2.16. The molecule has 0 saturated carbocycles. The standard InChI is InChI=1S/C26H20O2/c27-24-14-12-23-22(24)13-15-25(28-17-18-6-2-1-3-7-18)26(23)21-11-10-19-8-4-5-9-20(19)16-21/h1-11,13,15-16H,12,14,17H2. The van der Waals surface area contributed by atoms with Crippen molar-refractivity contribution in [2.45, 2.75) is 19.4 Å². The summed E-state index contributed by atoms with van der Waals surface area (Å²) in [7, 11) is 0. The van der Waals surface area contributed by atoms with E-state index in [1.807, 2.05) is 30.3 Å². The highest BCUT2D eigenvalue weighted by Crippen LogP contribution is 2.40. The van der Waals surface area contributed by atoms with E-state index in [0.717, 1.165) is 40.0 Å². The molecule has 5 rings (SSSR count). The fourth-order valence-electron chi connectivity index (χ4n) is 4.04. The van der Waals surface area contributed by atoms with Crippen LogP contribution in [0, 0.1) is 0 Å². The number of hydrogen-bond donors (Lipinski definition) is 0. The van der Waals surface area contributed by atoms with Crippen molar-refractivity contribution in [2.24, 2.45) is 0 Å². The molecule has 0 aliphatic heterocycles. The zero-order valence-corrected chi connectivity index (χ0v) is 15.5. The SMILES string of the molecule is O=C1CCc2c1ccc(OCc1ccccc1)c2-c1ccc2ccccc2c1. The second-order valence-electron chi connectivity index (χ2n) is 7.22. The Morgan fingerprint density at radius 1 is 0.750 bits per heavy atom. The molecule has 4 aromatic carbocycles. The molecule has 0 heterocycles. The molecule has 2 heteroatoms. The van der Waals surface area contributed by atoms with E-state index in [0.29, 0.717) is 13.0 Å². The molecule has 1 aliphatic carbocycles. The quantitative estimate of drug-likeness (QED) is 0.430. The van der Waals surface area contributed by atoms with Crippen molar-refractivity contribution in [3.05, 3.63) is 102 Å². The van der Waals surface area contributed by atoms with E-state index >= 15 is 0 Å². The maximum absolute atomic E-state index is 12.3. The summed E-state index contributed by atoms with van der Waals surface area (Å²) in [4.78, 5) is 12.3. The maximum atomic E-state index is 12.3. The van der Waals surface area contributed by atoms with Gasteiger partial charge in [0.25, 0.3) is 0 Å². The average Bonchev–Trinajstić information content (AvgIpc) is 3.13. The van der Waals surface area contributed by atoms with Gasteiger partial charge in [-0.25, -0.2) is 0 Å². The van der Waals surface area contributed by atoms with E-state index in [1.54, 1.807) is 0 Å². The first kappa shape index (κ1) is 16.8. The van der Waals surface area contributed by atoms with Gasteiger partial charge in [0.15, 0.2) is 5.78 Å². The first-order chi connectivity index (χ1) is 13.8. The van der Waals surface area contributed by atoms with Gasteiger partial charge in [-0.05, 0) is 52.1 Å². The lowest BCUT2D eigenvalue weighted by Crippen LogP contribution is -2.00. The van der Waals surface area contributed by atoms with Gasteiger partial charge in [-0.1, -0.05) is 66.7 Å². The summed E-state index contributed by atoms with van der Waals surface area (Å²) in [5, 5.41) is 2.40. The summed E-state index contributed by atoms with van der Waals surface area (Å²) in [5.41, 5.74) is 5.25. The topological polar surface area (TPSA) is 26.3 Å². The lowest BCUT2D eigenvalue weighted by molar-refractivity contribution is 0.0994. The van der Waals surface area contributed by atoms with Crippen LogP contribution in [-0.4, -0.2) is 5.78 Å². The smallest absolute Gasteiger partial charge is 0.163 e. The van der Waals surface area contributed by atoms with E-state index in [1.165, 1.54) is 10.8 Å². The van der Waals surface area contributed by atoms with Crippen LogP contribution < -0.4 is 4.74 Å². The minimum atomic E-state index is 0.228. The molecule has 0 saturated heterocycles. The van der Waals surface area contributed by atoms with E-state index in [-0.39, 0.29) is 5.78 Å². The number of benzene rings is 4. The van der Waals surface area contributed by atoms with E-state index < -0.39 is 0 Å². The molecule has 0 spiro atoms. The maximum Gasteiger partial charge on any atom is 0.163 e. The molecule has 0 fully saturated rings. The molecular formula is C26H20O2. The number of ether oxygens (including phenoxy) is 1. The highest BCUT2D eigenvalue weighted by molar-refractivity contribution is 6.03. The lowest BCUT2D eigenvalue weighted by atomic mass is 9.94. The third-order valence-corrected chi connectivity index (χ3v) is 5.45. The third-order valence-electron chi connectivity index (χ3n) is 5.45. The predicted octanol–water partition coefficient (Wildman–Crippen LogP) is 6.21. The van der Waals surface area contributed by atoms with Gasteiger partial charge in [0, 0.05) is 17.5 Å². The zero-order chi connectivity index (χ0) is 18.9. The Balaban J connectivity index is 1.62. The molecule has 4 aromatic rings. The third kappa shape index (κ3) is 2.97. The van der Waals surface area contributed by atoms with Gasteiger partial charge < -0.3 is 4.74 Å². The Hall–Kier alpha value is -3.39. The molecule has 0 amide bonds. The van der Waals surface area contributed by atoms with Gasteiger partial charge in [-0.2, -0.15) is 0 Å². The summed E-state index contributed by atoms with van der Waals surface area (Å²) in [6.07, 6.45) is 1.36. The van der Waals surface area contributed by atoms with Crippen molar-refractivity contribution in [1.82, 2.24) is 0 Å². The molecule has 1 aliphatic rings. The second kappa shape index (κ2) is 6.97. The van der Waals surface area contributed by atoms with Crippen molar-refractivity contribution in [2.75, 3.05) is 0 Å². The minimum absolute atomic E-state index is 0.228. The first-order valence-corrected chi connectivity index (χ1v) is 9.64. The Bertz CT molecular complexity index is 1180. The van der Waals surface area contributed by atoms with Crippen LogP contribution in [0.5, 0.6) is 5.75 Å². The molecule has 2 nitrogen and oxygen atoms in total. The van der Waals surface area contributed by atoms with Crippen LogP contribution in [0.1, 0.15) is 27.9 Å². The highest BCUT2D eigenvalue weighted by atomic mass is 16.5. The molecule has 0 aromatic heterocycles. The number of fused-ring (bicyclic) bond motifs is 2. The number of carbonyl (C=O) groups is 1. The number of Topliss-reactive ketones (excluding diaryl/α,β-unsaturated/α-hetero) is 1. The van der Waals surface area contributed by atoms with E-state index in [4.69, 9.17) is 4.74 Å². The number of rotatable bonds is 4. The number of carbonyl (C=O) groups excluding carboxylic acids is 1. The molecule has 136 valence electrons. The van der Waals surface area contributed by atoms with Crippen molar-refractivity contribution in [3.8, 4) is 16.9 Å². The Kier molecular flexibility index (Phi) is 4.17. The normalized spacial score (nSPS) is 12.9. The van der Waals surface area contributed by atoms with E-state index in [9.17, 15) is 4.79 Å². The average molecular weight is 364 g/mol. The fourth-order valence-corrected chi connectivity index (χ4v) is 4.04. The first-order valence-electron chi connectivity index (χ1n) is 9.64. The van der Waals surface area contributed by atoms with Crippen LogP contribution in [0.15, 0.2) is 84.9 Å².